The molecule has 0 N–H and O–H groups in total. The lowest BCUT2D eigenvalue weighted by molar-refractivity contribution is 0.222. The highest BCUT2D eigenvalue weighted by Gasteiger charge is 1.94. The maximum absolute atomic E-state index is 5.25. The van der Waals surface area contributed by atoms with E-state index >= 15 is 0 Å². The smallest absolute Gasteiger partial charge is 0.0841 e. The van der Waals surface area contributed by atoms with Gasteiger partial charge in [-0.2, -0.15) is 0 Å². The van der Waals surface area contributed by atoms with Crippen LogP contribution in [0.2, 0.25) is 0 Å². The van der Waals surface area contributed by atoms with Gasteiger partial charge in [-0.15, -0.1) is 6.58 Å². The fraction of sp³-hybridized carbons (Fsp3) is 0.842. The molecule has 0 aromatic carbocycles. The van der Waals surface area contributed by atoms with E-state index in [4.69, 9.17) is 4.74 Å². The Morgan fingerprint density at radius 1 is 0.700 bits per heavy atom. The Labute approximate surface area is 128 Å². The third-order valence-corrected chi connectivity index (χ3v) is 3.76. The molecule has 0 aliphatic heterocycles. The number of rotatable bonds is 17. The van der Waals surface area contributed by atoms with E-state index in [1.54, 1.807) is 6.08 Å². The second kappa shape index (κ2) is 18.7. The van der Waals surface area contributed by atoms with E-state index in [1.807, 2.05) is 6.61 Å². The fourth-order valence-corrected chi connectivity index (χ4v) is 2.46. The summed E-state index contributed by atoms with van der Waals surface area (Å²) in [6.45, 7) is 8.49. The summed E-state index contributed by atoms with van der Waals surface area (Å²) in [5.74, 6) is 0. The first-order valence-corrected chi connectivity index (χ1v) is 8.96. The molecule has 0 rings (SSSR count). The van der Waals surface area contributed by atoms with Gasteiger partial charge in [-0.1, -0.05) is 96.5 Å². The lowest BCUT2D eigenvalue weighted by Gasteiger charge is -2.03. The molecule has 0 amide bonds. The van der Waals surface area contributed by atoms with Crippen LogP contribution in [0.3, 0.4) is 0 Å². The van der Waals surface area contributed by atoms with E-state index in [2.05, 4.69) is 13.5 Å². The van der Waals surface area contributed by atoms with Crippen LogP contribution in [0.5, 0.6) is 0 Å². The van der Waals surface area contributed by atoms with Gasteiger partial charge in [-0.3, -0.25) is 0 Å². The Hall–Kier alpha value is -0.300. The molecule has 0 unspecified atom stereocenters. The van der Waals surface area contributed by atoms with Gasteiger partial charge in [0.2, 0.25) is 0 Å². The van der Waals surface area contributed by atoms with Gasteiger partial charge < -0.3 is 4.74 Å². The molecule has 0 fully saturated rings. The lowest BCUT2D eigenvalue weighted by Crippen LogP contribution is -1.88. The van der Waals surface area contributed by atoms with Gasteiger partial charge in [0.05, 0.1) is 13.2 Å². The Morgan fingerprint density at radius 3 is 1.60 bits per heavy atom. The van der Waals surface area contributed by atoms with Crippen molar-refractivity contribution in [3.63, 3.8) is 0 Å². The molecule has 0 spiro atoms. The van der Waals surface area contributed by atoms with Gasteiger partial charge in [0.15, 0.2) is 0 Å². The number of unbranched alkanes of at least 4 members (excludes halogenated alkanes) is 13. The van der Waals surface area contributed by atoms with Crippen molar-refractivity contribution in [2.45, 2.75) is 96.8 Å². The quantitative estimate of drug-likeness (QED) is 0.210. The summed E-state index contributed by atoms with van der Waals surface area (Å²) in [7, 11) is 0. The minimum absolute atomic E-state index is 0.651. The van der Waals surface area contributed by atoms with Crippen molar-refractivity contribution in [1.29, 1.82) is 0 Å². The first-order valence-electron chi connectivity index (χ1n) is 8.96. The third kappa shape index (κ3) is 17.7. The number of ether oxygens (including phenoxy) is 1. The van der Waals surface area contributed by atoms with Gasteiger partial charge in [-0.05, 0) is 6.42 Å². The first kappa shape index (κ1) is 19.7. The number of hydrogen-bond donors (Lipinski definition) is 0. The van der Waals surface area contributed by atoms with Crippen molar-refractivity contribution in [3.05, 3.63) is 19.3 Å². The highest BCUT2D eigenvalue weighted by atomic mass is 16.5. The average molecular weight is 282 g/mol. The molecular weight excluding hydrogens is 244 g/mol. The Morgan fingerprint density at radius 2 is 1.15 bits per heavy atom. The van der Waals surface area contributed by atoms with E-state index in [-0.39, 0.29) is 0 Å². The van der Waals surface area contributed by atoms with Crippen LogP contribution in [-0.2, 0) is 4.74 Å². The minimum Gasteiger partial charge on any atom is -0.371 e. The third-order valence-electron chi connectivity index (χ3n) is 3.76. The molecule has 1 heteroatoms. The molecule has 1 nitrogen and oxygen atoms in total. The zero-order valence-corrected chi connectivity index (χ0v) is 13.9. The highest BCUT2D eigenvalue weighted by molar-refractivity contribution is 4.65. The van der Waals surface area contributed by atoms with Crippen LogP contribution < -0.4 is 0 Å². The van der Waals surface area contributed by atoms with Crippen molar-refractivity contribution in [1.82, 2.24) is 0 Å². The summed E-state index contributed by atoms with van der Waals surface area (Å²) in [5.41, 5.74) is 0. The molecule has 0 bridgehead atoms. The zero-order chi connectivity index (χ0) is 14.7. The molecule has 0 atom stereocenters. The molecule has 119 valence electrons. The summed E-state index contributed by atoms with van der Waals surface area (Å²) in [6, 6.07) is 0. The second-order valence-electron chi connectivity index (χ2n) is 5.82. The van der Waals surface area contributed by atoms with Crippen LogP contribution in [0.15, 0.2) is 12.7 Å². The summed E-state index contributed by atoms with van der Waals surface area (Å²) in [5, 5.41) is 0. The second-order valence-corrected chi connectivity index (χ2v) is 5.82. The maximum Gasteiger partial charge on any atom is 0.0841 e. The van der Waals surface area contributed by atoms with E-state index in [1.165, 1.54) is 83.5 Å². The van der Waals surface area contributed by atoms with Gasteiger partial charge in [-0.25, -0.2) is 0 Å². The summed E-state index contributed by atoms with van der Waals surface area (Å²) in [6.07, 6.45) is 21.3. The van der Waals surface area contributed by atoms with E-state index in [0.717, 1.165) is 6.42 Å². The van der Waals surface area contributed by atoms with Crippen LogP contribution in [0, 0.1) is 6.61 Å². The molecular formula is C19H37O. The van der Waals surface area contributed by atoms with Crippen LogP contribution in [0.1, 0.15) is 96.8 Å². The molecule has 0 aromatic heterocycles. The Kier molecular flexibility index (Phi) is 18.4. The first-order chi connectivity index (χ1) is 9.91. The molecule has 1 radical (unpaired) electrons. The topological polar surface area (TPSA) is 9.23 Å². The van der Waals surface area contributed by atoms with Crippen molar-refractivity contribution in [2.75, 3.05) is 6.61 Å². The summed E-state index contributed by atoms with van der Waals surface area (Å²) >= 11 is 0. The van der Waals surface area contributed by atoms with Crippen molar-refractivity contribution in [3.8, 4) is 0 Å². The predicted octanol–water partition coefficient (Wildman–Crippen LogP) is 6.83. The molecule has 0 heterocycles. The van der Waals surface area contributed by atoms with Crippen molar-refractivity contribution in [2.24, 2.45) is 0 Å². The van der Waals surface area contributed by atoms with Crippen LogP contribution >= 0.6 is 0 Å². The molecule has 20 heavy (non-hydrogen) atoms. The van der Waals surface area contributed by atoms with Gasteiger partial charge in [0.25, 0.3) is 0 Å². The van der Waals surface area contributed by atoms with Gasteiger partial charge >= 0.3 is 0 Å². The molecule has 0 aromatic rings. The SMILES string of the molecule is C=CCO[CH]CCCCCCCCCCCCCCC. The summed E-state index contributed by atoms with van der Waals surface area (Å²) in [4.78, 5) is 0. The van der Waals surface area contributed by atoms with Crippen molar-refractivity contribution < 1.29 is 4.74 Å². The minimum atomic E-state index is 0.651. The Bertz CT molecular complexity index is 177. The molecule has 0 saturated heterocycles. The zero-order valence-electron chi connectivity index (χ0n) is 13.9. The summed E-state index contributed by atoms with van der Waals surface area (Å²) < 4.78 is 5.25. The van der Waals surface area contributed by atoms with E-state index < -0.39 is 0 Å². The lowest BCUT2D eigenvalue weighted by atomic mass is 10.0. The van der Waals surface area contributed by atoms with E-state index in [9.17, 15) is 0 Å². The van der Waals surface area contributed by atoms with Crippen LogP contribution in [0.25, 0.3) is 0 Å². The normalized spacial score (nSPS) is 10.8. The standard InChI is InChI=1S/C19H37O/c1-3-5-6-7-8-9-10-11-12-13-14-15-16-17-19-20-18-4-2/h4,19H,2-3,5-18H2,1H3. The average Bonchev–Trinajstić information content (AvgIpc) is 2.47. The predicted molar refractivity (Wildman–Crippen MR) is 90.8 cm³/mol. The Balaban J connectivity index is 2.90. The molecule has 0 aliphatic carbocycles. The largest absolute Gasteiger partial charge is 0.371 e. The highest BCUT2D eigenvalue weighted by Crippen LogP contribution is 2.13. The maximum atomic E-state index is 5.25. The number of hydrogen-bond acceptors (Lipinski definition) is 1. The molecule has 0 aliphatic rings. The van der Waals surface area contributed by atoms with Crippen molar-refractivity contribution >= 4 is 0 Å². The molecule has 0 saturated carbocycles. The monoisotopic (exact) mass is 281 g/mol. The van der Waals surface area contributed by atoms with Gasteiger partial charge in [0, 0.05) is 0 Å². The van der Waals surface area contributed by atoms with Crippen LogP contribution in [0.4, 0.5) is 0 Å². The fourth-order valence-electron chi connectivity index (χ4n) is 2.46. The van der Waals surface area contributed by atoms with Gasteiger partial charge in [0.1, 0.15) is 0 Å². The van der Waals surface area contributed by atoms with E-state index in [0.29, 0.717) is 6.61 Å². The van der Waals surface area contributed by atoms with Crippen LogP contribution in [-0.4, -0.2) is 6.61 Å².